The maximum absolute atomic E-state index is 4.41. The minimum Gasteiger partial charge on any atom is -0.191 e. The van der Waals surface area contributed by atoms with Gasteiger partial charge in [0.25, 0.3) is 0 Å². The highest BCUT2D eigenvalue weighted by Crippen LogP contribution is 2.29. The molecule has 2 rings (SSSR count). The molecule has 0 amide bonds. The van der Waals surface area contributed by atoms with Crippen LogP contribution >= 0.6 is 22.9 Å². The molecule has 0 N–H and O–H groups in total. The Morgan fingerprint density at radius 2 is 2.17 bits per heavy atom. The molecule has 2 heterocycles. The maximum Gasteiger partial charge on any atom is 0.0972 e. The van der Waals surface area contributed by atoms with E-state index in [1.54, 1.807) is 22.9 Å². The van der Waals surface area contributed by atoms with Gasteiger partial charge in [-0.15, -0.1) is 11.3 Å². The van der Waals surface area contributed by atoms with E-state index in [0.717, 1.165) is 5.69 Å². The quantitative estimate of drug-likeness (QED) is 0.678. The van der Waals surface area contributed by atoms with Gasteiger partial charge in [0.1, 0.15) is 0 Å². The molecule has 12 heavy (non-hydrogen) atoms. The Hall–Kier alpha value is -0.670. The van der Waals surface area contributed by atoms with E-state index >= 15 is 0 Å². The topological polar surface area (TPSA) is 12.9 Å². The van der Waals surface area contributed by atoms with Crippen molar-refractivity contribution in [3.05, 3.63) is 28.0 Å². The fraction of sp³-hybridized carbons (Fsp3) is 0.222. The van der Waals surface area contributed by atoms with Crippen LogP contribution in [0.2, 0.25) is 0 Å². The molecule has 0 unspecified atom stereocenters. The van der Waals surface area contributed by atoms with Gasteiger partial charge in [-0.25, -0.2) is 0 Å². The average Bonchev–Trinajstić information content (AvgIpc) is 2.64. The SMILES string of the molecule is Cc1snc(-c2cccs2)c1C. The standard InChI is InChI=1S/C9H9NS2/c1-6-7(2)12-10-9(6)8-4-3-5-11-8/h3-5H,1-2H3. The summed E-state index contributed by atoms with van der Waals surface area (Å²) in [5.74, 6) is 0. The first-order chi connectivity index (χ1) is 5.79. The predicted octanol–water partition coefficient (Wildman–Crippen LogP) is 3.49. The van der Waals surface area contributed by atoms with Gasteiger partial charge in [0.15, 0.2) is 0 Å². The first kappa shape index (κ1) is 7.95. The summed E-state index contributed by atoms with van der Waals surface area (Å²) in [5.41, 5.74) is 2.48. The lowest BCUT2D eigenvalue weighted by molar-refractivity contribution is 1.41. The number of rotatable bonds is 1. The fourth-order valence-electron chi connectivity index (χ4n) is 1.06. The molecule has 0 aliphatic carbocycles. The molecule has 0 fully saturated rings. The van der Waals surface area contributed by atoms with Crippen molar-refractivity contribution in [2.75, 3.05) is 0 Å². The van der Waals surface area contributed by atoms with E-state index in [9.17, 15) is 0 Å². The van der Waals surface area contributed by atoms with Gasteiger partial charge in [-0.2, -0.15) is 4.37 Å². The molecule has 2 aromatic rings. The molecule has 62 valence electrons. The second-order valence-corrected chi connectivity index (χ2v) is 4.61. The van der Waals surface area contributed by atoms with Crippen LogP contribution in [0.25, 0.3) is 10.6 Å². The summed E-state index contributed by atoms with van der Waals surface area (Å²) in [5, 5.41) is 2.09. The Morgan fingerprint density at radius 3 is 2.67 bits per heavy atom. The summed E-state index contributed by atoms with van der Waals surface area (Å²) < 4.78 is 4.41. The van der Waals surface area contributed by atoms with E-state index in [2.05, 4.69) is 35.7 Å². The van der Waals surface area contributed by atoms with Crippen LogP contribution in [-0.4, -0.2) is 4.37 Å². The third-order valence-electron chi connectivity index (χ3n) is 1.91. The summed E-state index contributed by atoms with van der Waals surface area (Å²) in [6.07, 6.45) is 0. The zero-order valence-electron chi connectivity index (χ0n) is 7.00. The Bertz CT molecular complexity index is 373. The van der Waals surface area contributed by atoms with Crippen molar-refractivity contribution in [2.45, 2.75) is 13.8 Å². The molecule has 0 aliphatic rings. The van der Waals surface area contributed by atoms with Gasteiger partial charge in [0, 0.05) is 4.88 Å². The largest absolute Gasteiger partial charge is 0.191 e. The van der Waals surface area contributed by atoms with Crippen molar-refractivity contribution in [1.82, 2.24) is 4.37 Å². The van der Waals surface area contributed by atoms with Crippen molar-refractivity contribution in [3.8, 4) is 10.6 Å². The molecular formula is C9H9NS2. The Labute approximate surface area is 79.9 Å². The van der Waals surface area contributed by atoms with Crippen LogP contribution in [0.4, 0.5) is 0 Å². The molecule has 0 atom stereocenters. The molecule has 0 saturated carbocycles. The zero-order chi connectivity index (χ0) is 8.55. The molecule has 0 spiro atoms. The lowest BCUT2D eigenvalue weighted by Crippen LogP contribution is -1.75. The Kier molecular flexibility index (Phi) is 1.98. The van der Waals surface area contributed by atoms with Crippen LogP contribution in [0.5, 0.6) is 0 Å². The number of thiophene rings is 1. The van der Waals surface area contributed by atoms with Gasteiger partial charge in [-0.1, -0.05) is 6.07 Å². The third kappa shape index (κ3) is 1.19. The van der Waals surface area contributed by atoms with Crippen molar-refractivity contribution in [1.29, 1.82) is 0 Å². The molecule has 2 aromatic heterocycles. The van der Waals surface area contributed by atoms with Crippen LogP contribution in [0.1, 0.15) is 10.4 Å². The van der Waals surface area contributed by atoms with E-state index in [1.165, 1.54) is 15.3 Å². The first-order valence-electron chi connectivity index (χ1n) is 3.76. The first-order valence-corrected chi connectivity index (χ1v) is 5.41. The Morgan fingerprint density at radius 1 is 1.33 bits per heavy atom. The predicted molar refractivity (Wildman–Crippen MR) is 54.9 cm³/mol. The van der Waals surface area contributed by atoms with Crippen molar-refractivity contribution >= 4 is 22.9 Å². The van der Waals surface area contributed by atoms with Crippen molar-refractivity contribution in [3.63, 3.8) is 0 Å². The van der Waals surface area contributed by atoms with E-state index in [4.69, 9.17) is 0 Å². The van der Waals surface area contributed by atoms with Gasteiger partial charge < -0.3 is 0 Å². The van der Waals surface area contributed by atoms with Gasteiger partial charge in [-0.05, 0) is 42.4 Å². The molecule has 0 aliphatic heterocycles. The zero-order valence-corrected chi connectivity index (χ0v) is 8.63. The molecule has 3 heteroatoms. The monoisotopic (exact) mass is 195 g/mol. The summed E-state index contributed by atoms with van der Waals surface area (Å²) in [6, 6.07) is 4.18. The Balaban J connectivity index is 2.55. The molecule has 0 radical (unpaired) electrons. The van der Waals surface area contributed by atoms with Gasteiger partial charge in [0.2, 0.25) is 0 Å². The van der Waals surface area contributed by atoms with Crippen LogP contribution in [0.15, 0.2) is 17.5 Å². The highest BCUT2D eigenvalue weighted by Gasteiger charge is 2.08. The number of hydrogen-bond acceptors (Lipinski definition) is 3. The second kappa shape index (κ2) is 2.99. The number of hydrogen-bond donors (Lipinski definition) is 0. The third-order valence-corrected chi connectivity index (χ3v) is 3.64. The molecular weight excluding hydrogens is 186 g/mol. The van der Waals surface area contributed by atoms with Crippen LogP contribution in [0.3, 0.4) is 0 Å². The number of nitrogens with zero attached hydrogens (tertiary/aromatic N) is 1. The highest BCUT2D eigenvalue weighted by atomic mass is 32.1. The van der Waals surface area contributed by atoms with Crippen LogP contribution < -0.4 is 0 Å². The highest BCUT2D eigenvalue weighted by molar-refractivity contribution is 7.14. The maximum atomic E-state index is 4.41. The number of aryl methyl sites for hydroxylation is 1. The lowest BCUT2D eigenvalue weighted by atomic mass is 10.2. The van der Waals surface area contributed by atoms with E-state index in [1.807, 2.05) is 0 Å². The summed E-state index contributed by atoms with van der Waals surface area (Å²) >= 11 is 3.33. The summed E-state index contributed by atoms with van der Waals surface area (Å²) in [7, 11) is 0. The van der Waals surface area contributed by atoms with E-state index in [0.29, 0.717) is 0 Å². The van der Waals surface area contributed by atoms with Crippen molar-refractivity contribution in [2.24, 2.45) is 0 Å². The average molecular weight is 195 g/mol. The summed E-state index contributed by atoms with van der Waals surface area (Å²) in [4.78, 5) is 2.59. The number of aromatic nitrogens is 1. The fourth-order valence-corrected chi connectivity index (χ4v) is 2.59. The van der Waals surface area contributed by atoms with Crippen molar-refractivity contribution < 1.29 is 0 Å². The molecule has 1 nitrogen and oxygen atoms in total. The molecule has 0 aromatic carbocycles. The van der Waals surface area contributed by atoms with E-state index < -0.39 is 0 Å². The normalized spacial score (nSPS) is 10.5. The van der Waals surface area contributed by atoms with Crippen LogP contribution in [-0.2, 0) is 0 Å². The smallest absolute Gasteiger partial charge is 0.0972 e. The van der Waals surface area contributed by atoms with Crippen LogP contribution in [0, 0.1) is 13.8 Å². The summed E-state index contributed by atoms with van der Waals surface area (Å²) in [6.45, 7) is 4.25. The minimum absolute atomic E-state index is 1.16. The molecule has 0 bridgehead atoms. The van der Waals surface area contributed by atoms with Gasteiger partial charge in [-0.3, -0.25) is 0 Å². The second-order valence-electron chi connectivity index (χ2n) is 2.69. The lowest BCUT2D eigenvalue weighted by Gasteiger charge is -1.92. The molecule has 0 saturated heterocycles. The van der Waals surface area contributed by atoms with E-state index in [-0.39, 0.29) is 0 Å². The minimum atomic E-state index is 1.16. The van der Waals surface area contributed by atoms with Gasteiger partial charge >= 0.3 is 0 Å². The van der Waals surface area contributed by atoms with Gasteiger partial charge in [0.05, 0.1) is 10.6 Å².